The van der Waals surface area contributed by atoms with Crippen LogP contribution in [0, 0.1) is 0 Å². The van der Waals surface area contributed by atoms with Crippen LogP contribution in [0.3, 0.4) is 0 Å². The largest absolute Gasteiger partial charge is 0.379 e. The molecule has 1 saturated carbocycles. The van der Waals surface area contributed by atoms with E-state index < -0.39 is 0 Å². The van der Waals surface area contributed by atoms with E-state index in [2.05, 4.69) is 21.2 Å². The summed E-state index contributed by atoms with van der Waals surface area (Å²) in [6.07, 6.45) is 10.8. The normalized spacial score (nSPS) is 21.0. The third-order valence-corrected chi connectivity index (χ3v) is 6.08. The third-order valence-electron chi connectivity index (χ3n) is 4.79. The summed E-state index contributed by atoms with van der Waals surface area (Å²) in [7, 11) is 0. The van der Waals surface area contributed by atoms with Crippen molar-refractivity contribution in [2.75, 3.05) is 51.7 Å². The number of nitrogens with two attached hydrogens (primary N) is 1. The predicted octanol–water partition coefficient (Wildman–Crippen LogP) is 2.73. The monoisotopic (exact) mass is 329 g/mol. The van der Waals surface area contributed by atoms with E-state index in [1.54, 1.807) is 0 Å². The van der Waals surface area contributed by atoms with Gasteiger partial charge in [0.15, 0.2) is 0 Å². The molecule has 1 aliphatic carbocycles. The van der Waals surface area contributed by atoms with Crippen LogP contribution in [0.5, 0.6) is 0 Å². The molecule has 0 radical (unpaired) electrons. The van der Waals surface area contributed by atoms with Gasteiger partial charge < -0.3 is 10.5 Å². The Labute approximate surface area is 141 Å². The molecule has 0 spiro atoms. The summed E-state index contributed by atoms with van der Waals surface area (Å²) in [6, 6.07) is 0.837. The number of rotatable bonds is 11. The molecule has 1 saturated heterocycles. The molecule has 0 aromatic rings. The topological polar surface area (TPSA) is 41.7 Å². The first-order valence-corrected chi connectivity index (χ1v) is 10.2. The van der Waals surface area contributed by atoms with Gasteiger partial charge in [-0.05, 0) is 45.2 Å². The maximum absolute atomic E-state index is 5.58. The van der Waals surface area contributed by atoms with Crippen molar-refractivity contribution < 1.29 is 4.74 Å². The Morgan fingerprint density at radius 1 is 1.05 bits per heavy atom. The summed E-state index contributed by atoms with van der Waals surface area (Å²) in [5.74, 6) is 1.27. The van der Waals surface area contributed by atoms with E-state index in [4.69, 9.17) is 10.5 Å². The Hall–Kier alpha value is 0.190. The molecule has 0 aromatic carbocycles. The van der Waals surface area contributed by atoms with E-state index in [1.165, 1.54) is 70.2 Å². The molecule has 0 unspecified atom stereocenters. The molecule has 2 aliphatic rings. The molecular formula is C17H35N3OS. The first-order valence-electron chi connectivity index (χ1n) is 9.30. The second kappa shape index (κ2) is 11.7. The molecule has 4 nitrogen and oxygen atoms in total. The zero-order valence-corrected chi connectivity index (χ0v) is 15.0. The highest BCUT2D eigenvalue weighted by atomic mass is 32.2. The molecule has 5 heteroatoms. The Morgan fingerprint density at radius 3 is 2.55 bits per heavy atom. The van der Waals surface area contributed by atoms with Crippen molar-refractivity contribution in [1.82, 2.24) is 9.21 Å². The smallest absolute Gasteiger partial charge is 0.0594 e. The SMILES string of the molecule is NCCCCCSN(CCCN1CCOCC1)C1CCCC1. The maximum Gasteiger partial charge on any atom is 0.0594 e. The molecule has 2 fully saturated rings. The van der Waals surface area contributed by atoms with Crippen molar-refractivity contribution in [2.45, 2.75) is 57.4 Å². The van der Waals surface area contributed by atoms with Crippen LogP contribution in [-0.2, 0) is 4.74 Å². The number of ether oxygens (including phenoxy) is 1. The molecular weight excluding hydrogens is 294 g/mol. The van der Waals surface area contributed by atoms with Crippen LogP contribution in [0.25, 0.3) is 0 Å². The van der Waals surface area contributed by atoms with Crippen molar-refractivity contribution >= 4 is 11.9 Å². The van der Waals surface area contributed by atoms with Crippen LogP contribution in [0.2, 0.25) is 0 Å². The molecule has 2 N–H and O–H groups in total. The Bertz CT molecular complexity index is 269. The predicted molar refractivity (Wildman–Crippen MR) is 96.2 cm³/mol. The summed E-state index contributed by atoms with van der Waals surface area (Å²) < 4.78 is 8.15. The van der Waals surface area contributed by atoms with Gasteiger partial charge in [0.1, 0.15) is 0 Å². The number of unbranched alkanes of at least 4 members (excludes halogenated alkanes) is 2. The lowest BCUT2D eigenvalue weighted by Gasteiger charge is -2.30. The van der Waals surface area contributed by atoms with Crippen molar-refractivity contribution in [2.24, 2.45) is 5.73 Å². The third kappa shape index (κ3) is 7.18. The number of morpholine rings is 1. The minimum atomic E-state index is 0.837. The summed E-state index contributed by atoms with van der Waals surface area (Å²) in [6.45, 7) is 7.41. The standard InChI is InChI=1S/C17H35N3OS/c18-9-4-1-5-16-22-20(17-7-2-3-8-17)11-6-10-19-12-14-21-15-13-19/h17H,1-16,18H2. The van der Waals surface area contributed by atoms with E-state index in [-0.39, 0.29) is 0 Å². The van der Waals surface area contributed by atoms with Crippen molar-refractivity contribution in [3.8, 4) is 0 Å². The van der Waals surface area contributed by atoms with Gasteiger partial charge in [-0.3, -0.25) is 4.90 Å². The van der Waals surface area contributed by atoms with E-state index >= 15 is 0 Å². The quantitative estimate of drug-likeness (QED) is 0.466. The maximum atomic E-state index is 5.58. The molecule has 2 rings (SSSR count). The first-order chi connectivity index (χ1) is 10.9. The molecule has 1 heterocycles. The van der Waals surface area contributed by atoms with Gasteiger partial charge in [0.2, 0.25) is 0 Å². The van der Waals surface area contributed by atoms with Crippen LogP contribution in [0.4, 0.5) is 0 Å². The van der Waals surface area contributed by atoms with Crippen LogP contribution < -0.4 is 5.73 Å². The van der Waals surface area contributed by atoms with E-state index in [9.17, 15) is 0 Å². The zero-order chi connectivity index (χ0) is 15.5. The Morgan fingerprint density at radius 2 is 1.82 bits per heavy atom. The van der Waals surface area contributed by atoms with E-state index in [0.29, 0.717) is 0 Å². The molecule has 0 aromatic heterocycles. The second-order valence-corrected chi connectivity index (χ2v) is 7.70. The average molecular weight is 330 g/mol. The number of hydrogen-bond acceptors (Lipinski definition) is 5. The highest BCUT2D eigenvalue weighted by Crippen LogP contribution is 2.29. The van der Waals surface area contributed by atoms with Gasteiger partial charge in [-0.15, -0.1) is 0 Å². The summed E-state index contributed by atoms with van der Waals surface area (Å²) in [5.41, 5.74) is 5.58. The second-order valence-electron chi connectivity index (χ2n) is 6.57. The molecule has 0 amide bonds. The summed E-state index contributed by atoms with van der Waals surface area (Å²) >= 11 is 2.11. The van der Waals surface area contributed by atoms with Crippen LogP contribution in [-0.4, -0.2) is 66.9 Å². The van der Waals surface area contributed by atoms with Crippen LogP contribution >= 0.6 is 11.9 Å². The highest BCUT2D eigenvalue weighted by molar-refractivity contribution is 7.97. The van der Waals surface area contributed by atoms with Crippen LogP contribution in [0.15, 0.2) is 0 Å². The fourth-order valence-corrected chi connectivity index (χ4v) is 4.67. The van der Waals surface area contributed by atoms with Crippen molar-refractivity contribution in [3.05, 3.63) is 0 Å². The number of hydrogen-bond donors (Lipinski definition) is 1. The van der Waals surface area contributed by atoms with Gasteiger partial charge in [-0.2, -0.15) is 0 Å². The fraction of sp³-hybridized carbons (Fsp3) is 1.00. The van der Waals surface area contributed by atoms with Gasteiger partial charge in [0.05, 0.1) is 13.2 Å². The lowest BCUT2D eigenvalue weighted by atomic mass is 10.2. The van der Waals surface area contributed by atoms with Gasteiger partial charge >= 0.3 is 0 Å². The Balaban J connectivity index is 1.62. The van der Waals surface area contributed by atoms with Gasteiger partial charge in [0, 0.05) is 31.4 Å². The molecule has 22 heavy (non-hydrogen) atoms. The van der Waals surface area contributed by atoms with Gasteiger partial charge in [0.25, 0.3) is 0 Å². The molecule has 0 bridgehead atoms. The number of nitrogens with zero attached hydrogens (tertiary/aromatic N) is 2. The average Bonchev–Trinajstić information content (AvgIpc) is 3.08. The van der Waals surface area contributed by atoms with E-state index in [0.717, 1.165) is 38.9 Å². The molecule has 130 valence electrons. The lowest BCUT2D eigenvalue weighted by Crippen LogP contribution is -2.38. The fourth-order valence-electron chi connectivity index (χ4n) is 3.42. The minimum Gasteiger partial charge on any atom is -0.379 e. The molecule has 0 atom stereocenters. The minimum absolute atomic E-state index is 0.837. The highest BCUT2D eigenvalue weighted by Gasteiger charge is 2.22. The van der Waals surface area contributed by atoms with Gasteiger partial charge in [-0.25, -0.2) is 4.31 Å². The van der Waals surface area contributed by atoms with Crippen molar-refractivity contribution in [1.29, 1.82) is 0 Å². The van der Waals surface area contributed by atoms with E-state index in [1.807, 2.05) is 0 Å². The van der Waals surface area contributed by atoms with Crippen molar-refractivity contribution in [3.63, 3.8) is 0 Å². The zero-order valence-electron chi connectivity index (χ0n) is 14.2. The first kappa shape index (κ1) is 18.5. The van der Waals surface area contributed by atoms with Crippen LogP contribution in [0.1, 0.15) is 51.4 Å². The molecule has 1 aliphatic heterocycles. The summed E-state index contributed by atoms with van der Waals surface area (Å²) in [5, 5.41) is 0. The lowest BCUT2D eigenvalue weighted by molar-refractivity contribution is 0.0367. The summed E-state index contributed by atoms with van der Waals surface area (Å²) in [4.78, 5) is 2.56. The Kier molecular flexibility index (Phi) is 9.84. The van der Waals surface area contributed by atoms with Gasteiger partial charge in [-0.1, -0.05) is 31.2 Å².